The van der Waals surface area contributed by atoms with Crippen LogP contribution < -0.4 is 4.74 Å². The number of nitrogens with zero attached hydrogens (tertiary/aromatic N) is 2. The van der Waals surface area contributed by atoms with Gasteiger partial charge in [0.25, 0.3) is 0 Å². The normalized spacial score (nSPS) is 20.3. The van der Waals surface area contributed by atoms with Gasteiger partial charge in [0, 0.05) is 44.3 Å². The molecule has 1 aliphatic heterocycles. The van der Waals surface area contributed by atoms with E-state index in [0.717, 1.165) is 86.9 Å². The fraction of sp³-hybridized carbons (Fsp3) is 0.481. The lowest BCUT2D eigenvalue weighted by molar-refractivity contribution is 0.0608. The van der Waals surface area contributed by atoms with E-state index in [9.17, 15) is 5.11 Å². The quantitative estimate of drug-likeness (QED) is 0.620. The van der Waals surface area contributed by atoms with Gasteiger partial charge in [-0.1, -0.05) is 61.2 Å². The number of hydrogen-bond donors (Lipinski definition) is 1. The van der Waals surface area contributed by atoms with Gasteiger partial charge >= 0.3 is 0 Å². The first-order valence-corrected chi connectivity index (χ1v) is 12.2. The average molecular weight is 455 g/mol. The molecule has 0 bridgehead atoms. The topological polar surface area (TPSA) is 35.9 Å². The molecule has 0 aromatic heterocycles. The Kier molecular flexibility index (Phi) is 7.90. The number of hydrogen-bond acceptors (Lipinski definition) is 4. The monoisotopic (exact) mass is 454 g/mol. The Bertz CT molecular complexity index is 898. The minimum Gasteiger partial charge on any atom is -0.497 e. The van der Waals surface area contributed by atoms with Crippen LogP contribution in [0.2, 0.25) is 5.02 Å². The van der Waals surface area contributed by atoms with Crippen LogP contribution in [-0.2, 0) is 6.54 Å². The van der Waals surface area contributed by atoms with Crippen molar-refractivity contribution in [1.82, 2.24) is 9.80 Å². The van der Waals surface area contributed by atoms with E-state index in [0.29, 0.717) is 0 Å². The minimum atomic E-state index is -0.735. The van der Waals surface area contributed by atoms with Crippen LogP contribution in [-0.4, -0.2) is 60.3 Å². The highest BCUT2D eigenvalue weighted by Crippen LogP contribution is 2.40. The van der Waals surface area contributed by atoms with E-state index in [-0.39, 0.29) is 0 Å². The smallest absolute Gasteiger partial charge is 0.119 e. The van der Waals surface area contributed by atoms with Gasteiger partial charge in [0.2, 0.25) is 0 Å². The van der Waals surface area contributed by atoms with E-state index in [1.807, 2.05) is 24.3 Å². The summed E-state index contributed by atoms with van der Waals surface area (Å²) in [6, 6.07) is 16.3. The van der Waals surface area contributed by atoms with Crippen molar-refractivity contribution in [1.29, 1.82) is 0 Å². The molecule has 0 radical (unpaired) electrons. The zero-order valence-electron chi connectivity index (χ0n) is 19.1. The number of rotatable bonds is 7. The Morgan fingerprint density at radius 2 is 1.69 bits per heavy atom. The van der Waals surface area contributed by atoms with Gasteiger partial charge in [-0.25, -0.2) is 0 Å². The van der Waals surface area contributed by atoms with E-state index in [1.54, 1.807) is 7.11 Å². The van der Waals surface area contributed by atoms with E-state index in [1.165, 1.54) is 12.0 Å². The molecule has 2 aliphatic rings. The maximum Gasteiger partial charge on any atom is 0.119 e. The predicted molar refractivity (Wildman–Crippen MR) is 132 cm³/mol. The van der Waals surface area contributed by atoms with E-state index < -0.39 is 5.60 Å². The van der Waals surface area contributed by atoms with Crippen LogP contribution in [0.15, 0.2) is 54.6 Å². The molecular weight excluding hydrogens is 420 g/mol. The number of halogens is 1. The molecule has 32 heavy (non-hydrogen) atoms. The van der Waals surface area contributed by atoms with E-state index in [2.05, 4.69) is 40.1 Å². The molecule has 0 atom stereocenters. The molecule has 1 saturated carbocycles. The zero-order valence-corrected chi connectivity index (χ0v) is 19.9. The summed E-state index contributed by atoms with van der Waals surface area (Å²) in [6.07, 6.45) is 7.33. The van der Waals surface area contributed by atoms with Crippen molar-refractivity contribution in [2.75, 3.05) is 39.8 Å². The van der Waals surface area contributed by atoms with Gasteiger partial charge in [-0.15, -0.1) is 0 Å². The maximum absolute atomic E-state index is 11.6. The van der Waals surface area contributed by atoms with Crippen LogP contribution in [0, 0.1) is 0 Å². The van der Waals surface area contributed by atoms with Gasteiger partial charge in [0.15, 0.2) is 0 Å². The summed E-state index contributed by atoms with van der Waals surface area (Å²) in [6.45, 7) is 6.01. The van der Waals surface area contributed by atoms with Gasteiger partial charge in [0.05, 0.1) is 12.7 Å². The Morgan fingerprint density at radius 3 is 2.38 bits per heavy atom. The van der Waals surface area contributed by atoms with Crippen molar-refractivity contribution in [3.63, 3.8) is 0 Å². The highest BCUT2D eigenvalue weighted by atomic mass is 35.5. The molecular formula is C27H35ClN2O2. The largest absolute Gasteiger partial charge is 0.497 e. The van der Waals surface area contributed by atoms with Gasteiger partial charge in [-0.2, -0.15) is 0 Å². The third kappa shape index (κ3) is 5.93. The van der Waals surface area contributed by atoms with Gasteiger partial charge in [0.1, 0.15) is 5.75 Å². The van der Waals surface area contributed by atoms with Crippen molar-refractivity contribution in [2.24, 2.45) is 0 Å². The van der Waals surface area contributed by atoms with Crippen LogP contribution >= 0.6 is 11.6 Å². The minimum absolute atomic E-state index is 0.735. The molecule has 2 fully saturated rings. The number of ether oxygens (including phenoxy) is 1. The summed E-state index contributed by atoms with van der Waals surface area (Å²) in [4.78, 5) is 4.99. The first-order valence-electron chi connectivity index (χ1n) is 11.8. The lowest BCUT2D eigenvalue weighted by atomic mass is 9.76. The molecule has 0 spiro atoms. The second-order valence-corrected chi connectivity index (χ2v) is 9.58. The third-order valence-electron chi connectivity index (χ3n) is 6.90. The molecule has 172 valence electrons. The van der Waals surface area contributed by atoms with Crippen LogP contribution in [0.5, 0.6) is 5.75 Å². The van der Waals surface area contributed by atoms with Crippen LogP contribution in [0.25, 0.3) is 5.57 Å². The van der Waals surface area contributed by atoms with Gasteiger partial charge in [-0.3, -0.25) is 9.80 Å². The zero-order chi connectivity index (χ0) is 22.4. The van der Waals surface area contributed by atoms with E-state index in [4.69, 9.17) is 16.3 Å². The Hall–Kier alpha value is -1.85. The molecule has 1 saturated heterocycles. The summed E-state index contributed by atoms with van der Waals surface area (Å²) < 4.78 is 5.45. The number of methoxy groups -OCH3 is 1. The lowest BCUT2D eigenvalue weighted by Crippen LogP contribution is -2.46. The van der Waals surface area contributed by atoms with Crippen LogP contribution in [0.3, 0.4) is 0 Å². The van der Waals surface area contributed by atoms with Crippen molar-refractivity contribution < 1.29 is 9.84 Å². The summed E-state index contributed by atoms with van der Waals surface area (Å²) in [7, 11) is 1.70. The molecule has 2 aromatic carbocycles. The van der Waals surface area contributed by atoms with Crippen molar-refractivity contribution in [3.05, 3.63) is 70.8 Å². The molecule has 1 N–H and O–H groups in total. The standard InChI is InChI=1S/C27H35ClN2O2/c1-32-25-7-5-6-23(20-25)26(27(31)13-3-2-4-14-27)12-15-29-16-18-30(19-17-29)21-22-8-10-24(28)11-9-22/h5-12,20,31H,2-4,13-19,21H2,1H3/b26-12+. The molecule has 5 heteroatoms. The molecule has 2 aromatic rings. The fourth-order valence-corrected chi connectivity index (χ4v) is 5.10. The predicted octanol–water partition coefficient (Wildman–Crippen LogP) is 5.25. The Balaban J connectivity index is 1.42. The summed E-state index contributed by atoms with van der Waals surface area (Å²) in [5, 5.41) is 12.3. The average Bonchev–Trinajstić information content (AvgIpc) is 2.82. The van der Waals surface area contributed by atoms with Gasteiger partial charge in [-0.05, 0) is 53.8 Å². The summed E-state index contributed by atoms with van der Waals surface area (Å²) >= 11 is 6.01. The third-order valence-corrected chi connectivity index (χ3v) is 7.15. The molecule has 0 unspecified atom stereocenters. The SMILES string of the molecule is COc1cccc(/C(=C\CN2CCN(Cc3ccc(Cl)cc3)CC2)C2(O)CCCCC2)c1. The van der Waals surface area contributed by atoms with Crippen molar-refractivity contribution >= 4 is 17.2 Å². The molecule has 1 heterocycles. The second kappa shape index (κ2) is 10.8. The van der Waals surface area contributed by atoms with Gasteiger partial charge < -0.3 is 9.84 Å². The Labute approximate surface area is 197 Å². The van der Waals surface area contributed by atoms with Crippen LogP contribution in [0.1, 0.15) is 43.2 Å². The van der Waals surface area contributed by atoms with Crippen molar-refractivity contribution in [2.45, 2.75) is 44.2 Å². The van der Waals surface area contributed by atoms with Crippen molar-refractivity contribution in [3.8, 4) is 5.75 Å². The van der Waals surface area contributed by atoms with E-state index >= 15 is 0 Å². The first-order chi connectivity index (χ1) is 15.6. The number of benzene rings is 2. The lowest BCUT2D eigenvalue weighted by Gasteiger charge is -2.37. The highest BCUT2D eigenvalue weighted by Gasteiger charge is 2.34. The number of piperazine rings is 1. The second-order valence-electron chi connectivity index (χ2n) is 9.15. The van der Waals surface area contributed by atoms with Crippen LogP contribution in [0.4, 0.5) is 0 Å². The first kappa shape index (κ1) is 23.3. The summed E-state index contributed by atoms with van der Waals surface area (Å²) in [5.41, 5.74) is 2.72. The summed E-state index contributed by atoms with van der Waals surface area (Å²) in [5.74, 6) is 0.837. The number of aliphatic hydroxyl groups is 1. The maximum atomic E-state index is 11.6. The molecule has 1 aliphatic carbocycles. The molecule has 4 nitrogen and oxygen atoms in total. The highest BCUT2D eigenvalue weighted by molar-refractivity contribution is 6.30. The molecule has 0 amide bonds. The Morgan fingerprint density at radius 1 is 1.00 bits per heavy atom. The fourth-order valence-electron chi connectivity index (χ4n) is 4.97. The molecule has 4 rings (SSSR count).